The molecule has 4 rings (SSSR count). The van der Waals surface area contributed by atoms with Gasteiger partial charge < -0.3 is 19.4 Å². The van der Waals surface area contributed by atoms with Crippen molar-refractivity contribution in [2.24, 2.45) is 0 Å². The molecule has 1 aliphatic carbocycles. The van der Waals surface area contributed by atoms with Gasteiger partial charge in [-0.2, -0.15) is 9.97 Å². The molecule has 2 heterocycles. The number of hydrogen-bond acceptors (Lipinski definition) is 7. The van der Waals surface area contributed by atoms with Gasteiger partial charge in [-0.15, -0.1) is 0 Å². The SMILES string of the molecule is CCc1nc(-c2ccc3c(c2)CC[C@H]3NC(=O)c2cnc(O)o2)no1. The Labute approximate surface area is 142 Å². The third-order valence-electron chi connectivity index (χ3n) is 4.27. The van der Waals surface area contributed by atoms with Crippen molar-refractivity contribution in [1.29, 1.82) is 0 Å². The molecular weight excluding hydrogens is 324 g/mol. The van der Waals surface area contributed by atoms with Crippen LogP contribution in [0.1, 0.15) is 47.0 Å². The first kappa shape index (κ1) is 15.4. The Morgan fingerprint density at radius 2 is 2.32 bits per heavy atom. The molecule has 0 saturated carbocycles. The Kier molecular flexibility index (Phi) is 3.72. The fraction of sp³-hybridized carbons (Fsp3) is 0.294. The Balaban J connectivity index is 1.54. The number of carbonyl (C=O) groups is 1. The van der Waals surface area contributed by atoms with Gasteiger partial charge in [0.05, 0.1) is 12.2 Å². The molecule has 8 nitrogen and oxygen atoms in total. The standard InChI is InChI=1S/C17H16N4O4/c1-2-14-20-15(21-25-14)10-3-5-11-9(7-10)4-6-12(11)19-16(22)13-8-18-17(23)24-13/h3,5,7-8,12H,2,4,6H2,1H3,(H,18,23)(H,19,22)/t12-/m1/s1. The highest BCUT2D eigenvalue weighted by Gasteiger charge is 2.26. The smallest absolute Gasteiger partial charge is 0.391 e. The normalized spacial score (nSPS) is 16.0. The van der Waals surface area contributed by atoms with Crippen molar-refractivity contribution in [1.82, 2.24) is 20.4 Å². The highest BCUT2D eigenvalue weighted by Crippen LogP contribution is 2.34. The number of aryl methyl sites for hydroxylation is 2. The number of amides is 1. The number of aromatic hydroxyl groups is 1. The summed E-state index contributed by atoms with van der Waals surface area (Å²) in [5.41, 5.74) is 3.10. The van der Waals surface area contributed by atoms with Gasteiger partial charge in [0.2, 0.25) is 17.5 Å². The van der Waals surface area contributed by atoms with Crippen LogP contribution in [0.2, 0.25) is 0 Å². The molecule has 1 atom stereocenters. The summed E-state index contributed by atoms with van der Waals surface area (Å²) in [7, 11) is 0. The molecule has 0 fully saturated rings. The second kappa shape index (κ2) is 6.04. The van der Waals surface area contributed by atoms with E-state index in [9.17, 15) is 4.79 Å². The molecule has 3 aromatic rings. The summed E-state index contributed by atoms with van der Waals surface area (Å²) in [6, 6.07) is 5.82. The molecule has 25 heavy (non-hydrogen) atoms. The third kappa shape index (κ3) is 2.86. The van der Waals surface area contributed by atoms with E-state index in [1.807, 2.05) is 25.1 Å². The second-order valence-electron chi connectivity index (χ2n) is 5.85. The topological polar surface area (TPSA) is 114 Å². The molecule has 0 spiro atoms. The van der Waals surface area contributed by atoms with Crippen LogP contribution in [-0.2, 0) is 12.8 Å². The van der Waals surface area contributed by atoms with Gasteiger partial charge in [-0.25, -0.2) is 0 Å². The fourth-order valence-corrected chi connectivity index (χ4v) is 3.02. The van der Waals surface area contributed by atoms with Crippen molar-refractivity contribution < 1.29 is 18.8 Å². The van der Waals surface area contributed by atoms with Gasteiger partial charge in [0.1, 0.15) is 0 Å². The minimum atomic E-state index is -0.520. The van der Waals surface area contributed by atoms with Gasteiger partial charge >= 0.3 is 6.08 Å². The predicted molar refractivity (Wildman–Crippen MR) is 85.8 cm³/mol. The number of nitrogens with zero attached hydrogens (tertiary/aromatic N) is 3. The number of benzene rings is 1. The predicted octanol–water partition coefficient (Wildman–Crippen LogP) is 2.41. The molecule has 0 saturated heterocycles. The van der Waals surface area contributed by atoms with Crippen LogP contribution in [0.3, 0.4) is 0 Å². The summed E-state index contributed by atoms with van der Waals surface area (Å²) in [5.74, 6) is 0.766. The second-order valence-corrected chi connectivity index (χ2v) is 5.85. The Bertz CT molecular complexity index is 930. The molecular formula is C17H16N4O4. The van der Waals surface area contributed by atoms with E-state index in [4.69, 9.17) is 14.0 Å². The minimum Gasteiger partial charge on any atom is -0.466 e. The molecule has 1 aromatic carbocycles. The Morgan fingerprint density at radius 3 is 3.04 bits per heavy atom. The average molecular weight is 340 g/mol. The summed E-state index contributed by atoms with van der Waals surface area (Å²) in [6.07, 6.45) is 3.01. The van der Waals surface area contributed by atoms with Gasteiger partial charge in [0.15, 0.2) is 0 Å². The third-order valence-corrected chi connectivity index (χ3v) is 4.27. The number of oxazole rings is 1. The lowest BCUT2D eigenvalue weighted by atomic mass is 10.0. The zero-order chi connectivity index (χ0) is 17.4. The average Bonchev–Trinajstić information content (AvgIpc) is 3.34. The van der Waals surface area contributed by atoms with E-state index in [0.29, 0.717) is 18.1 Å². The molecule has 2 N–H and O–H groups in total. The van der Waals surface area contributed by atoms with Gasteiger partial charge in [0, 0.05) is 12.0 Å². The van der Waals surface area contributed by atoms with E-state index in [-0.39, 0.29) is 11.8 Å². The summed E-state index contributed by atoms with van der Waals surface area (Å²) < 4.78 is 10.00. The summed E-state index contributed by atoms with van der Waals surface area (Å²) in [5, 5.41) is 16.0. The number of hydrogen-bond donors (Lipinski definition) is 2. The first-order chi connectivity index (χ1) is 12.1. The van der Waals surface area contributed by atoms with Gasteiger partial charge in [-0.3, -0.25) is 4.79 Å². The van der Waals surface area contributed by atoms with E-state index in [1.54, 1.807) is 0 Å². The quantitative estimate of drug-likeness (QED) is 0.749. The van der Waals surface area contributed by atoms with E-state index in [2.05, 4.69) is 20.4 Å². The first-order valence-electron chi connectivity index (χ1n) is 8.05. The highest BCUT2D eigenvalue weighted by atomic mass is 16.5. The van der Waals surface area contributed by atoms with Crippen molar-refractivity contribution in [3.8, 4) is 17.5 Å². The van der Waals surface area contributed by atoms with Gasteiger partial charge in [-0.1, -0.05) is 24.2 Å². The van der Waals surface area contributed by atoms with Crippen LogP contribution in [0.15, 0.2) is 33.3 Å². The minimum absolute atomic E-state index is 0.0125. The summed E-state index contributed by atoms with van der Waals surface area (Å²) >= 11 is 0. The maximum absolute atomic E-state index is 12.2. The van der Waals surface area contributed by atoms with Gasteiger partial charge in [0.25, 0.3) is 5.91 Å². The van der Waals surface area contributed by atoms with Crippen molar-refractivity contribution in [2.45, 2.75) is 32.2 Å². The molecule has 128 valence electrons. The summed E-state index contributed by atoms with van der Waals surface area (Å²) in [6.45, 7) is 1.96. The monoisotopic (exact) mass is 340 g/mol. The van der Waals surface area contributed by atoms with E-state index in [0.717, 1.165) is 29.5 Å². The van der Waals surface area contributed by atoms with Crippen LogP contribution < -0.4 is 5.32 Å². The lowest BCUT2D eigenvalue weighted by molar-refractivity contribution is 0.0902. The zero-order valence-corrected chi connectivity index (χ0v) is 13.5. The molecule has 0 unspecified atom stereocenters. The number of aromatic nitrogens is 3. The van der Waals surface area contributed by atoms with E-state index in [1.165, 1.54) is 6.20 Å². The molecule has 0 radical (unpaired) electrons. The van der Waals surface area contributed by atoms with Crippen molar-refractivity contribution in [3.63, 3.8) is 0 Å². The van der Waals surface area contributed by atoms with Crippen LogP contribution >= 0.6 is 0 Å². The first-order valence-corrected chi connectivity index (χ1v) is 8.05. The fourth-order valence-electron chi connectivity index (χ4n) is 3.02. The van der Waals surface area contributed by atoms with Crippen molar-refractivity contribution >= 4 is 5.91 Å². The van der Waals surface area contributed by atoms with Gasteiger partial charge in [-0.05, 0) is 30.0 Å². The summed E-state index contributed by atoms with van der Waals surface area (Å²) in [4.78, 5) is 20.0. The maximum atomic E-state index is 12.2. The molecule has 0 bridgehead atoms. The molecule has 0 aliphatic heterocycles. The van der Waals surface area contributed by atoms with Crippen LogP contribution in [0.5, 0.6) is 6.08 Å². The number of nitrogens with one attached hydrogen (secondary N) is 1. The lowest BCUT2D eigenvalue weighted by Crippen LogP contribution is -2.26. The largest absolute Gasteiger partial charge is 0.466 e. The molecule has 8 heteroatoms. The Hall–Kier alpha value is -3.16. The van der Waals surface area contributed by atoms with Crippen LogP contribution in [0.25, 0.3) is 11.4 Å². The maximum Gasteiger partial charge on any atom is 0.391 e. The molecule has 1 amide bonds. The molecule has 2 aromatic heterocycles. The van der Waals surface area contributed by atoms with Crippen LogP contribution in [0.4, 0.5) is 0 Å². The number of fused-ring (bicyclic) bond motifs is 1. The highest BCUT2D eigenvalue weighted by molar-refractivity contribution is 5.91. The zero-order valence-electron chi connectivity index (χ0n) is 13.5. The number of rotatable bonds is 4. The Morgan fingerprint density at radius 1 is 1.44 bits per heavy atom. The van der Waals surface area contributed by atoms with E-state index >= 15 is 0 Å². The van der Waals surface area contributed by atoms with Crippen LogP contribution in [-0.4, -0.2) is 26.1 Å². The number of carbonyl (C=O) groups excluding carboxylic acids is 1. The molecule has 1 aliphatic rings. The van der Waals surface area contributed by atoms with Crippen molar-refractivity contribution in [3.05, 3.63) is 47.2 Å². The lowest BCUT2D eigenvalue weighted by Gasteiger charge is -2.13. The van der Waals surface area contributed by atoms with Crippen LogP contribution in [0, 0.1) is 0 Å². The van der Waals surface area contributed by atoms with Crippen molar-refractivity contribution in [2.75, 3.05) is 0 Å². The van der Waals surface area contributed by atoms with E-state index < -0.39 is 12.0 Å².